The minimum Gasteiger partial charge on any atom is -0.389 e. The molecule has 1 fully saturated rings. The van der Waals surface area contributed by atoms with Gasteiger partial charge in [0.25, 0.3) is 5.91 Å². The van der Waals surface area contributed by atoms with Gasteiger partial charge in [0.05, 0.1) is 35.9 Å². The molecule has 2 aromatic rings. The van der Waals surface area contributed by atoms with E-state index in [1.165, 1.54) is 31.2 Å². The molecular weight excluding hydrogens is 325 g/mol. The molecule has 1 saturated carbocycles. The normalized spacial score (nSPS) is 15.2. The summed E-state index contributed by atoms with van der Waals surface area (Å²) in [5.41, 5.74) is 1.73. The van der Waals surface area contributed by atoms with Crippen LogP contribution >= 0.6 is 0 Å². The molecule has 2 N–H and O–H groups in total. The molecule has 6 nitrogen and oxygen atoms in total. The number of rotatable bonds is 8. The van der Waals surface area contributed by atoms with Crippen molar-refractivity contribution in [2.75, 3.05) is 19.8 Å². The molecule has 1 atom stereocenters. The third-order valence-corrected chi connectivity index (χ3v) is 4.18. The number of aliphatic hydroxyl groups excluding tert-OH is 1. The molecule has 134 valence electrons. The van der Waals surface area contributed by atoms with Crippen LogP contribution < -0.4 is 5.32 Å². The molecule has 3 rings (SSSR count). The van der Waals surface area contributed by atoms with Gasteiger partial charge in [0.15, 0.2) is 0 Å². The maximum Gasteiger partial charge on any atom is 0.254 e. The number of carbonyl (C=O) groups excluding carboxylic acids is 1. The number of halogens is 1. The van der Waals surface area contributed by atoms with Crippen LogP contribution in [-0.2, 0) is 4.74 Å². The molecule has 0 saturated heterocycles. The number of nitrogens with one attached hydrogen (secondary N) is 1. The largest absolute Gasteiger partial charge is 0.389 e. The van der Waals surface area contributed by atoms with Gasteiger partial charge in [0, 0.05) is 13.2 Å². The maximum atomic E-state index is 13.0. The number of ether oxygens (including phenoxy) is 1. The Balaban J connectivity index is 1.54. The molecule has 0 aliphatic heterocycles. The molecule has 1 aliphatic rings. The lowest BCUT2D eigenvalue weighted by molar-refractivity contribution is 0.0320. The van der Waals surface area contributed by atoms with Crippen molar-refractivity contribution in [3.63, 3.8) is 0 Å². The molecule has 1 aromatic carbocycles. The summed E-state index contributed by atoms with van der Waals surface area (Å²) >= 11 is 0. The first kappa shape index (κ1) is 17.6. The van der Waals surface area contributed by atoms with Crippen molar-refractivity contribution in [2.45, 2.75) is 25.9 Å². The molecule has 1 amide bonds. The lowest BCUT2D eigenvalue weighted by Crippen LogP contribution is -2.34. The highest BCUT2D eigenvalue weighted by Crippen LogP contribution is 2.28. The summed E-state index contributed by atoms with van der Waals surface area (Å²) in [6, 6.07) is 5.87. The van der Waals surface area contributed by atoms with Gasteiger partial charge >= 0.3 is 0 Å². The predicted molar refractivity (Wildman–Crippen MR) is 90.1 cm³/mol. The fourth-order valence-corrected chi connectivity index (χ4v) is 2.50. The van der Waals surface area contributed by atoms with Crippen LogP contribution in [0.5, 0.6) is 0 Å². The van der Waals surface area contributed by atoms with Crippen molar-refractivity contribution < 1.29 is 19.0 Å². The van der Waals surface area contributed by atoms with E-state index < -0.39 is 6.10 Å². The fourth-order valence-electron chi connectivity index (χ4n) is 2.50. The van der Waals surface area contributed by atoms with E-state index >= 15 is 0 Å². The first-order chi connectivity index (χ1) is 12.0. The van der Waals surface area contributed by atoms with Crippen molar-refractivity contribution in [2.24, 2.45) is 5.92 Å². The lowest BCUT2D eigenvalue weighted by Gasteiger charge is -2.12. The molecular formula is C18H22FN3O3. The number of benzene rings is 1. The topological polar surface area (TPSA) is 76.4 Å². The molecule has 1 aliphatic carbocycles. The third-order valence-electron chi connectivity index (χ3n) is 4.18. The van der Waals surface area contributed by atoms with Gasteiger partial charge < -0.3 is 15.2 Å². The molecule has 0 bridgehead atoms. The smallest absolute Gasteiger partial charge is 0.254 e. The number of aliphatic hydroxyl groups is 1. The predicted octanol–water partition coefficient (Wildman–Crippen LogP) is 1.84. The summed E-state index contributed by atoms with van der Waals surface area (Å²) in [7, 11) is 0. The van der Waals surface area contributed by atoms with Gasteiger partial charge in [-0.05, 0) is 49.9 Å². The number of nitrogens with zero attached hydrogens (tertiary/aromatic N) is 2. The van der Waals surface area contributed by atoms with Crippen LogP contribution in [-0.4, -0.2) is 46.7 Å². The first-order valence-electron chi connectivity index (χ1n) is 8.39. The zero-order valence-corrected chi connectivity index (χ0v) is 14.1. The van der Waals surface area contributed by atoms with Gasteiger partial charge in [0.2, 0.25) is 0 Å². The molecule has 7 heteroatoms. The molecule has 0 radical (unpaired) electrons. The number of carbonyl (C=O) groups is 1. The van der Waals surface area contributed by atoms with Crippen LogP contribution in [0.3, 0.4) is 0 Å². The first-order valence-corrected chi connectivity index (χ1v) is 8.39. The summed E-state index contributed by atoms with van der Waals surface area (Å²) in [6.45, 7) is 2.77. The van der Waals surface area contributed by atoms with E-state index in [2.05, 4.69) is 10.4 Å². The Morgan fingerprint density at radius 1 is 1.44 bits per heavy atom. The van der Waals surface area contributed by atoms with Crippen LogP contribution in [0.25, 0.3) is 5.69 Å². The van der Waals surface area contributed by atoms with E-state index in [1.54, 1.807) is 23.7 Å². The molecule has 1 heterocycles. The van der Waals surface area contributed by atoms with E-state index in [0.29, 0.717) is 29.5 Å². The Kier molecular flexibility index (Phi) is 5.45. The van der Waals surface area contributed by atoms with Gasteiger partial charge in [-0.1, -0.05) is 0 Å². The van der Waals surface area contributed by atoms with Crippen molar-refractivity contribution in [3.05, 3.63) is 47.5 Å². The van der Waals surface area contributed by atoms with Crippen LogP contribution in [0.4, 0.5) is 4.39 Å². The molecule has 1 unspecified atom stereocenters. The second kappa shape index (κ2) is 7.76. The standard InChI is InChI=1S/C18H22FN3O3/c1-12-17(9-21-22(12)15-6-4-14(19)5-7-15)18(24)20-8-16(23)11-25-10-13-2-3-13/h4-7,9,13,16,23H,2-3,8,10-11H2,1H3,(H,20,24). The van der Waals surface area contributed by atoms with Crippen LogP contribution in [0.2, 0.25) is 0 Å². The molecule has 0 spiro atoms. The molecule has 1 aromatic heterocycles. The van der Waals surface area contributed by atoms with Gasteiger partial charge in [-0.25, -0.2) is 9.07 Å². The van der Waals surface area contributed by atoms with Crippen molar-refractivity contribution in [3.8, 4) is 5.69 Å². The average molecular weight is 347 g/mol. The van der Waals surface area contributed by atoms with E-state index in [0.717, 1.165) is 0 Å². The van der Waals surface area contributed by atoms with Crippen molar-refractivity contribution >= 4 is 5.91 Å². The van der Waals surface area contributed by atoms with Crippen LogP contribution in [0.1, 0.15) is 28.9 Å². The van der Waals surface area contributed by atoms with Crippen LogP contribution in [0, 0.1) is 18.7 Å². The number of hydrogen-bond acceptors (Lipinski definition) is 4. The highest BCUT2D eigenvalue weighted by atomic mass is 19.1. The minimum atomic E-state index is -0.741. The third kappa shape index (κ3) is 4.64. The minimum absolute atomic E-state index is 0.116. The quantitative estimate of drug-likeness (QED) is 0.764. The summed E-state index contributed by atoms with van der Waals surface area (Å²) in [4.78, 5) is 12.3. The summed E-state index contributed by atoms with van der Waals surface area (Å²) < 4.78 is 20.0. The van der Waals surface area contributed by atoms with E-state index in [4.69, 9.17) is 4.74 Å². The van der Waals surface area contributed by atoms with Crippen molar-refractivity contribution in [1.82, 2.24) is 15.1 Å². The second-order valence-corrected chi connectivity index (χ2v) is 6.38. The van der Waals surface area contributed by atoms with Gasteiger partial charge in [-0.15, -0.1) is 0 Å². The second-order valence-electron chi connectivity index (χ2n) is 6.38. The Bertz CT molecular complexity index is 726. The zero-order chi connectivity index (χ0) is 17.8. The Hall–Kier alpha value is -2.25. The zero-order valence-electron chi connectivity index (χ0n) is 14.1. The summed E-state index contributed by atoms with van der Waals surface area (Å²) in [5.74, 6) is -0.00161. The van der Waals surface area contributed by atoms with E-state index in [1.807, 2.05) is 0 Å². The van der Waals surface area contributed by atoms with Crippen molar-refractivity contribution in [1.29, 1.82) is 0 Å². The molecule has 25 heavy (non-hydrogen) atoms. The highest BCUT2D eigenvalue weighted by molar-refractivity contribution is 5.95. The summed E-state index contributed by atoms with van der Waals surface area (Å²) in [5, 5.41) is 16.7. The maximum absolute atomic E-state index is 13.0. The highest BCUT2D eigenvalue weighted by Gasteiger charge is 2.22. The average Bonchev–Trinajstić information content (AvgIpc) is 3.34. The van der Waals surface area contributed by atoms with Gasteiger partial charge in [-0.3, -0.25) is 4.79 Å². The SMILES string of the molecule is Cc1c(C(=O)NCC(O)COCC2CC2)cnn1-c1ccc(F)cc1. The Morgan fingerprint density at radius 3 is 2.84 bits per heavy atom. The summed E-state index contributed by atoms with van der Waals surface area (Å²) in [6.07, 6.45) is 3.12. The van der Waals surface area contributed by atoms with E-state index in [9.17, 15) is 14.3 Å². The number of amides is 1. The van der Waals surface area contributed by atoms with Crippen LogP contribution in [0.15, 0.2) is 30.5 Å². The van der Waals surface area contributed by atoms with E-state index in [-0.39, 0.29) is 24.9 Å². The van der Waals surface area contributed by atoms with Gasteiger partial charge in [0.1, 0.15) is 5.82 Å². The number of aromatic nitrogens is 2. The Labute approximate surface area is 145 Å². The number of hydrogen-bond donors (Lipinski definition) is 2. The fraction of sp³-hybridized carbons (Fsp3) is 0.444. The lowest BCUT2D eigenvalue weighted by atomic mass is 10.2. The monoisotopic (exact) mass is 347 g/mol. The van der Waals surface area contributed by atoms with Gasteiger partial charge in [-0.2, -0.15) is 5.10 Å². The Morgan fingerprint density at radius 2 is 2.16 bits per heavy atom.